The summed E-state index contributed by atoms with van der Waals surface area (Å²) in [5, 5.41) is 0. The number of aryl methyl sites for hydroxylation is 1. The van der Waals surface area contributed by atoms with Crippen molar-refractivity contribution < 1.29 is 9.59 Å². The van der Waals surface area contributed by atoms with Crippen molar-refractivity contribution in [3.8, 4) is 0 Å². The maximum Gasteiger partial charge on any atom is 0.258 e. The smallest absolute Gasteiger partial charge is 0.258 e. The minimum Gasteiger partial charge on any atom is -0.308 e. The summed E-state index contributed by atoms with van der Waals surface area (Å²) in [5.41, 5.74) is 3.03. The highest BCUT2D eigenvalue weighted by molar-refractivity contribution is 6.12. The molecule has 1 aliphatic heterocycles. The third-order valence-corrected chi connectivity index (χ3v) is 3.90. The van der Waals surface area contributed by atoms with E-state index in [0.717, 1.165) is 11.3 Å². The Bertz CT molecular complexity index is 706. The van der Waals surface area contributed by atoms with Gasteiger partial charge >= 0.3 is 0 Å². The van der Waals surface area contributed by atoms with Crippen LogP contribution >= 0.6 is 0 Å². The van der Waals surface area contributed by atoms with Crippen LogP contribution < -0.4 is 4.90 Å². The van der Waals surface area contributed by atoms with E-state index in [0.29, 0.717) is 30.5 Å². The van der Waals surface area contributed by atoms with Gasteiger partial charge in [-0.25, -0.2) is 0 Å². The molecule has 106 valence electrons. The van der Waals surface area contributed by atoms with E-state index in [1.54, 1.807) is 11.0 Å². The summed E-state index contributed by atoms with van der Waals surface area (Å²) in [7, 11) is 0. The number of anilines is 1. The molecule has 0 aliphatic carbocycles. The van der Waals surface area contributed by atoms with Gasteiger partial charge in [0.05, 0.1) is 5.69 Å². The maximum absolute atomic E-state index is 12.9. The summed E-state index contributed by atoms with van der Waals surface area (Å²) in [6, 6.07) is 14.9. The fourth-order valence-electron chi connectivity index (χ4n) is 2.77. The molecule has 3 nitrogen and oxygen atoms in total. The van der Waals surface area contributed by atoms with Crippen LogP contribution in [0.25, 0.3) is 0 Å². The van der Waals surface area contributed by atoms with Gasteiger partial charge in [-0.05, 0) is 37.1 Å². The van der Waals surface area contributed by atoms with Crippen LogP contribution in [0.5, 0.6) is 0 Å². The molecule has 1 amide bonds. The SMILES string of the molecule is Cc1ccccc1C(=O)N1CCCC(=O)c2ccccc21. The first-order chi connectivity index (χ1) is 10.2. The Morgan fingerprint density at radius 3 is 2.57 bits per heavy atom. The summed E-state index contributed by atoms with van der Waals surface area (Å²) in [6.07, 6.45) is 1.19. The van der Waals surface area contributed by atoms with Crippen LogP contribution in [-0.2, 0) is 0 Å². The first-order valence-corrected chi connectivity index (χ1v) is 7.18. The van der Waals surface area contributed by atoms with Crippen LogP contribution in [0.2, 0.25) is 0 Å². The molecule has 2 aromatic carbocycles. The Morgan fingerprint density at radius 2 is 1.76 bits per heavy atom. The molecule has 1 aliphatic rings. The van der Waals surface area contributed by atoms with Gasteiger partial charge in [0.2, 0.25) is 0 Å². The van der Waals surface area contributed by atoms with Crippen molar-refractivity contribution in [1.82, 2.24) is 0 Å². The molecule has 0 saturated carbocycles. The van der Waals surface area contributed by atoms with Crippen molar-refractivity contribution >= 4 is 17.4 Å². The van der Waals surface area contributed by atoms with Gasteiger partial charge < -0.3 is 4.90 Å². The van der Waals surface area contributed by atoms with Gasteiger partial charge in [-0.3, -0.25) is 9.59 Å². The topological polar surface area (TPSA) is 37.4 Å². The highest BCUT2D eigenvalue weighted by Crippen LogP contribution is 2.28. The van der Waals surface area contributed by atoms with Gasteiger partial charge in [-0.1, -0.05) is 30.3 Å². The summed E-state index contributed by atoms with van der Waals surface area (Å²) in [6.45, 7) is 2.51. The number of carbonyl (C=O) groups excluding carboxylic acids is 2. The summed E-state index contributed by atoms with van der Waals surface area (Å²) in [4.78, 5) is 26.7. The van der Waals surface area contributed by atoms with Gasteiger partial charge in [0.25, 0.3) is 5.91 Å². The highest BCUT2D eigenvalue weighted by atomic mass is 16.2. The molecule has 0 atom stereocenters. The molecule has 0 radical (unpaired) electrons. The molecule has 1 heterocycles. The number of hydrogen-bond acceptors (Lipinski definition) is 2. The van der Waals surface area contributed by atoms with Crippen molar-refractivity contribution in [2.24, 2.45) is 0 Å². The minimum atomic E-state index is -0.0322. The zero-order chi connectivity index (χ0) is 14.8. The number of nitrogens with zero attached hydrogens (tertiary/aromatic N) is 1. The normalized spacial score (nSPS) is 14.5. The number of carbonyl (C=O) groups is 2. The van der Waals surface area contributed by atoms with E-state index in [4.69, 9.17) is 0 Å². The molecule has 3 rings (SSSR count). The van der Waals surface area contributed by atoms with E-state index in [9.17, 15) is 9.59 Å². The predicted molar refractivity (Wildman–Crippen MR) is 82.9 cm³/mol. The zero-order valence-corrected chi connectivity index (χ0v) is 12.0. The maximum atomic E-state index is 12.9. The van der Waals surface area contributed by atoms with Gasteiger partial charge in [0, 0.05) is 24.1 Å². The van der Waals surface area contributed by atoms with Gasteiger partial charge in [0.1, 0.15) is 0 Å². The minimum absolute atomic E-state index is 0.0322. The molecule has 2 aromatic rings. The first-order valence-electron chi connectivity index (χ1n) is 7.18. The molecule has 0 bridgehead atoms. The van der Waals surface area contributed by atoms with Crippen LogP contribution in [0, 0.1) is 6.92 Å². The molecule has 0 spiro atoms. The summed E-state index contributed by atoms with van der Waals surface area (Å²) in [5.74, 6) is 0.0842. The number of benzene rings is 2. The molecule has 21 heavy (non-hydrogen) atoms. The van der Waals surface area contributed by atoms with E-state index in [1.165, 1.54) is 0 Å². The lowest BCUT2D eigenvalue weighted by atomic mass is 10.1. The van der Waals surface area contributed by atoms with Crippen LogP contribution in [-0.4, -0.2) is 18.2 Å². The third kappa shape index (κ3) is 2.47. The van der Waals surface area contributed by atoms with E-state index < -0.39 is 0 Å². The molecule has 0 N–H and O–H groups in total. The van der Waals surface area contributed by atoms with Gasteiger partial charge in [-0.15, -0.1) is 0 Å². The largest absolute Gasteiger partial charge is 0.308 e. The Kier molecular flexibility index (Phi) is 3.57. The molecular weight excluding hydrogens is 262 g/mol. The van der Waals surface area contributed by atoms with Crippen molar-refractivity contribution in [3.63, 3.8) is 0 Å². The molecule has 0 aromatic heterocycles. The molecular formula is C18H17NO2. The van der Waals surface area contributed by atoms with Crippen molar-refractivity contribution in [3.05, 3.63) is 65.2 Å². The van der Waals surface area contributed by atoms with E-state index in [2.05, 4.69) is 0 Å². The first kappa shape index (κ1) is 13.6. The summed E-state index contributed by atoms with van der Waals surface area (Å²) < 4.78 is 0. The number of Topliss-reactive ketones (excluding diaryl/α,β-unsaturated/α-hetero) is 1. The van der Waals surface area contributed by atoms with Crippen molar-refractivity contribution in [2.45, 2.75) is 19.8 Å². The van der Waals surface area contributed by atoms with Crippen molar-refractivity contribution in [2.75, 3.05) is 11.4 Å². The number of rotatable bonds is 1. The van der Waals surface area contributed by atoms with Gasteiger partial charge in [-0.2, -0.15) is 0 Å². The second kappa shape index (κ2) is 5.52. The number of ketones is 1. The summed E-state index contributed by atoms with van der Waals surface area (Å²) >= 11 is 0. The molecule has 0 fully saturated rings. The Morgan fingerprint density at radius 1 is 1.05 bits per heavy atom. The second-order valence-corrected chi connectivity index (χ2v) is 5.32. The Balaban J connectivity index is 2.06. The van der Waals surface area contributed by atoms with Crippen molar-refractivity contribution in [1.29, 1.82) is 0 Å². The number of amides is 1. The average molecular weight is 279 g/mol. The number of para-hydroxylation sites is 1. The lowest BCUT2D eigenvalue weighted by molar-refractivity contribution is 0.0973. The van der Waals surface area contributed by atoms with Gasteiger partial charge in [0.15, 0.2) is 5.78 Å². The molecule has 0 unspecified atom stereocenters. The highest BCUT2D eigenvalue weighted by Gasteiger charge is 2.26. The quantitative estimate of drug-likeness (QED) is 0.799. The Hall–Kier alpha value is -2.42. The standard InChI is InChI=1S/C18H17NO2/c1-13-7-2-3-8-14(13)18(21)19-12-6-11-17(20)15-9-4-5-10-16(15)19/h2-5,7-10H,6,11-12H2,1H3. The van der Waals surface area contributed by atoms with Crippen LogP contribution in [0.1, 0.15) is 39.1 Å². The fraction of sp³-hybridized carbons (Fsp3) is 0.222. The van der Waals surface area contributed by atoms with E-state index in [1.807, 2.05) is 49.4 Å². The monoisotopic (exact) mass is 279 g/mol. The zero-order valence-electron chi connectivity index (χ0n) is 12.0. The van der Waals surface area contributed by atoms with E-state index in [-0.39, 0.29) is 11.7 Å². The lowest BCUT2D eigenvalue weighted by Crippen LogP contribution is -2.32. The van der Waals surface area contributed by atoms with E-state index >= 15 is 0 Å². The number of fused-ring (bicyclic) bond motifs is 1. The molecule has 3 heteroatoms. The fourth-order valence-corrected chi connectivity index (χ4v) is 2.77. The average Bonchev–Trinajstić information content (AvgIpc) is 2.67. The van der Waals surface area contributed by atoms with Crippen LogP contribution in [0.15, 0.2) is 48.5 Å². The van der Waals surface area contributed by atoms with Crippen LogP contribution in [0.4, 0.5) is 5.69 Å². The molecule has 0 saturated heterocycles. The second-order valence-electron chi connectivity index (χ2n) is 5.32. The van der Waals surface area contributed by atoms with Crippen LogP contribution in [0.3, 0.4) is 0 Å². The lowest BCUT2D eigenvalue weighted by Gasteiger charge is -2.23. The number of hydrogen-bond donors (Lipinski definition) is 0. The third-order valence-electron chi connectivity index (χ3n) is 3.90. The Labute approximate surface area is 124 Å². The predicted octanol–water partition coefficient (Wildman–Crippen LogP) is 3.62.